The number of nitrogens with zero attached hydrogens (tertiary/aromatic N) is 4. The van der Waals surface area contributed by atoms with Gasteiger partial charge in [-0.05, 0) is 61.1 Å². The Hall–Kier alpha value is -1.83. The van der Waals surface area contributed by atoms with Crippen LogP contribution in [0.15, 0.2) is 24.5 Å². The Bertz CT molecular complexity index is 750. The molecule has 0 aliphatic carbocycles. The zero-order valence-electron chi connectivity index (χ0n) is 13.7. The Kier molecular flexibility index (Phi) is 4.78. The zero-order chi connectivity index (χ0) is 17.2. The quantitative estimate of drug-likeness (QED) is 0.901. The summed E-state index contributed by atoms with van der Waals surface area (Å²) in [7, 11) is 0. The lowest BCUT2D eigenvalue weighted by Crippen LogP contribution is -2.51. The number of benzene rings is 1. The van der Waals surface area contributed by atoms with Crippen LogP contribution in [0.1, 0.15) is 24.3 Å². The summed E-state index contributed by atoms with van der Waals surface area (Å²) in [6, 6.07) is 5.75. The van der Waals surface area contributed by atoms with Crippen LogP contribution >= 0.6 is 11.6 Å². The maximum Gasteiger partial charge on any atom is 0.231 e. The Morgan fingerprint density at radius 2 is 2.00 bits per heavy atom. The van der Waals surface area contributed by atoms with Crippen LogP contribution in [-0.2, 0) is 4.74 Å². The molecule has 0 saturated carbocycles. The van der Waals surface area contributed by atoms with E-state index in [0.717, 1.165) is 44.7 Å². The van der Waals surface area contributed by atoms with E-state index in [2.05, 4.69) is 25.2 Å². The molecule has 0 atom stereocenters. The van der Waals surface area contributed by atoms with Gasteiger partial charge in [-0.25, -0.2) is 14.4 Å². The number of rotatable bonds is 4. The van der Waals surface area contributed by atoms with E-state index in [0.29, 0.717) is 17.7 Å². The molecule has 2 aliphatic rings. The first-order valence-electron chi connectivity index (χ1n) is 8.42. The van der Waals surface area contributed by atoms with Crippen molar-refractivity contribution < 1.29 is 9.13 Å². The first-order valence-corrected chi connectivity index (χ1v) is 8.79. The van der Waals surface area contributed by atoms with Crippen molar-refractivity contribution in [3.05, 3.63) is 41.2 Å². The van der Waals surface area contributed by atoms with Crippen molar-refractivity contribution >= 4 is 23.2 Å². The fraction of sp³-hybridized carbons (Fsp3) is 0.471. The largest absolute Gasteiger partial charge is 0.378 e. The average molecular weight is 364 g/mol. The van der Waals surface area contributed by atoms with E-state index in [-0.39, 0.29) is 17.0 Å². The lowest BCUT2D eigenvalue weighted by atomic mass is 9.88. The first kappa shape index (κ1) is 16.6. The fourth-order valence-corrected chi connectivity index (χ4v) is 3.54. The predicted octanol–water partition coefficient (Wildman–Crippen LogP) is 2.99. The van der Waals surface area contributed by atoms with Gasteiger partial charge in [0.15, 0.2) is 0 Å². The van der Waals surface area contributed by atoms with E-state index in [9.17, 15) is 4.39 Å². The van der Waals surface area contributed by atoms with Crippen molar-refractivity contribution in [3.63, 3.8) is 0 Å². The van der Waals surface area contributed by atoms with Crippen LogP contribution in [0.3, 0.4) is 0 Å². The summed E-state index contributed by atoms with van der Waals surface area (Å²) in [6.07, 6.45) is 3.26. The second-order valence-corrected chi connectivity index (χ2v) is 6.78. The third-order valence-electron chi connectivity index (χ3n) is 4.91. The highest BCUT2D eigenvalue weighted by Crippen LogP contribution is 2.32. The number of nitrogens with one attached hydrogen (secondary N) is 1. The van der Waals surface area contributed by atoms with Gasteiger partial charge in [0.05, 0.1) is 19.3 Å². The van der Waals surface area contributed by atoms with Gasteiger partial charge >= 0.3 is 0 Å². The van der Waals surface area contributed by atoms with Crippen molar-refractivity contribution in [2.24, 2.45) is 0 Å². The zero-order valence-corrected chi connectivity index (χ0v) is 14.4. The molecule has 2 aliphatic heterocycles. The van der Waals surface area contributed by atoms with Crippen LogP contribution in [0.25, 0.3) is 0 Å². The van der Waals surface area contributed by atoms with E-state index >= 15 is 0 Å². The molecule has 2 aromatic rings. The van der Waals surface area contributed by atoms with Gasteiger partial charge in [0, 0.05) is 5.69 Å². The maximum absolute atomic E-state index is 14.6. The molecule has 1 aromatic carbocycles. The molecule has 0 radical (unpaired) electrons. The maximum atomic E-state index is 14.6. The van der Waals surface area contributed by atoms with Gasteiger partial charge < -0.3 is 10.1 Å². The molecule has 4 rings (SSSR count). The number of ether oxygens (including phenoxy) is 1. The summed E-state index contributed by atoms with van der Waals surface area (Å²) in [5, 5.41) is 3.04. The van der Waals surface area contributed by atoms with Crippen LogP contribution in [-0.4, -0.2) is 52.2 Å². The highest BCUT2D eigenvalue weighted by molar-refractivity contribution is 6.28. The summed E-state index contributed by atoms with van der Waals surface area (Å²) in [5.41, 5.74) is 1.37. The van der Waals surface area contributed by atoms with Gasteiger partial charge in [0.1, 0.15) is 12.1 Å². The average Bonchev–Trinajstić information content (AvgIpc) is 2.54. The van der Waals surface area contributed by atoms with Crippen LogP contribution in [0.5, 0.6) is 0 Å². The Labute approximate surface area is 150 Å². The monoisotopic (exact) mass is 363 g/mol. The van der Waals surface area contributed by atoms with Gasteiger partial charge in [-0.3, -0.25) is 4.90 Å². The number of likely N-dealkylation sites (tertiary alicyclic amines) is 1. The molecule has 0 spiro atoms. The Morgan fingerprint density at radius 3 is 2.64 bits per heavy atom. The molecular formula is C17H19ClFN5O. The number of halogens is 2. The molecule has 3 heterocycles. The molecule has 132 valence electrons. The van der Waals surface area contributed by atoms with Gasteiger partial charge in [-0.2, -0.15) is 4.98 Å². The third-order valence-corrected chi connectivity index (χ3v) is 5.09. The summed E-state index contributed by atoms with van der Waals surface area (Å²) >= 11 is 5.73. The molecule has 1 N–H and O–H groups in total. The van der Waals surface area contributed by atoms with E-state index < -0.39 is 0 Å². The van der Waals surface area contributed by atoms with Crippen LogP contribution in [0.2, 0.25) is 5.28 Å². The lowest BCUT2D eigenvalue weighted by Gasteiger charge is -2.41. The molecule has 2 fully saturated rings. The van der Waals surface area contributed by atoms with Gasteiger partial charge in [0.2, 0.25) is 11.2 Å². The van der Waals surface area contributed by atoms with Crippen molar-refractivity contribution in [1.82, 2.24) is 19.9 Å². The minimum absolute atomic E-state index is 0.0956. The molecule has 6 nitrogen and oxygen atoms in total. The second kappa shape index (κ2) is 7.19. The minimum Gasteiger partial charge on any atom is -0.378 e. The topological polar surface area (TPSA) is 63.2 Å². The van der Waals surface area contributed by atoms with Gasteiger partial charge in [-0.1, -0.05) is 6.07 Å². The lowest BCUT2D eigenvalue weighted by molar-refractivity contribution is -0.0713. The smallest absolute Gasteiger partial charge is 0.231 e. The minimum atomic E-state index is -0.199. The van der Waals surface area contributed by atoms with E-state index in [1.165, 1.54) is 12.4 Å². The first-order chi connectivity index (χ1) is 12.2. The molecule has 8 heteroatoms. The number of aromatic nitrogens is 3. The highest BCUT2D eigenvalue weighted by atomic mass is 35.5. The number of anilines is 2. The second-order valence-electron chi connectivity index (χ2n) is 6.44. The molecule has 0 unspecified atom stereocenters. The SMILES string of the molecule is Fc1cc(Nc2ncnc(Cl)n2)ccc1C1CCN(C2COC2)CC1. The summed E-state index contributed by atoms with van der Waals surface area (Å²) < 4.78 is 19.9. The number of piperidine rings is 1. The van der Waals surface area contributed by atoms with Crippen LogP contribution in [0.4, 0.5) is 16.0 Å². The van der Waals surface area contributed by atoms with Crippen LogP contribution < -0.4 is 5.32 Å². The molecule has 0 bridgehead atoms. The molecular weight excluding hydrogens is 345 g/mol. The van der Waals surface area contributed by atoms with Gasteiger partial charge in [0.25, 0.3) is 0 Å². The fourth-order valence-electron chi connectivity index (χ4n) is 3.41. The molecule has 0 amide bonds. The third kappa shape index (κ3) is 3.73. The number of hydrogen-bond donors (Lipinski definition) is 1. The van der Waals surface area contributed by atoms with Crippen molar-refractivity contribution in [1.29, 1.82) is 0 Å². The molecule has 2 saturated heterocycles. The summed E-state index contributed by atoms with van der Waals surface area (Å²) in [6.45, 7) is 3.67. The van der Waals surface area contributed by atoms with E-state index in [1.54, 1.807) is 0 Å². The Morgan fingerprint density at radius 1 is 1.20 bits per heavy atom. The predicted molar refractivity (Wildman–Crippen MR) is 92.7 cm³/mol. The standard InChI is InChI=1S/C17H19ClFN5O/c18-16-20-10-21-17(23-16)22-12-1-2-14(15(19)7-12)11-3-5-24(6-4-11)13-8-25-9-13/h1-2,7,10-11,13H,3-6,8-9H2,(H,20,21,22,23). The number of hydrogen-bond acceptors (Lipinski definition) is 6. The van der Waals surface area contributed by atoms with Crippen molar-refractivity contribution in [2.75, 3.05) is 31.6 Å². The van der Waals surface area contributed by atoms with E-state index in [1.807, 2.05) is 12.1 Å². The normalized spacial score (nSPS) is 19.6. The highest BCUT2D eigenvalue weighted by Gasteiger charge is 2.30. The molecule has 1 aromatic heterocycles. The Balaban J connectivity index is 1.41. The van der Waals surface area contributed by atoms with Gasteiger partial charge in [-0.15, -0.1) is 0 Å². The van der Waals surface area contributed by atoms with E-state index in [4.69, 9.17) is 16.3 Å². The summed E-state index contributed by atoms with van der Waals surface area (Å²) in [5.74, 6) is 0.358. The van der Waals surface area contributed by atoms with Crippen molar-refractivity contribution in [2.45, 2.75) is 24.8 Å². The van der Waals surface area contributed by atoms with Crippen molar-refractivity contribution in [3.8, 4) is 0 Å². The molecule has 25 heavy (non-hydrogen) atoms. The summed E-state index contributed by atoms with van der Waals surface area (Å²) in [4.78, 5) is 14.1. The van der Waals surface area contributed by atoms with Crippen LogP contribution in [0, 0.1) is 5.82 Å².